The lowest BCUT2D eigenvalue weighted by Crippen LogP contribution is -2.39. The normalized spacial score (nSPS) is 21.5. The van der Waals surface area contributed by atoms with Crippen molar-refractivity contribution in [3.05, 3.63) is 28.8 Å². The van der Waals surface area contributed by atoms with Crippen LogP contribution in [0.1, 0.15) is 31.4 Å². The molecule has 2 rings (SSSR count). The second kappa shape index (κ2) is 6.60. The molecule has 0 radical (unpaired) electrons. The molecule has 1 aromatic carbocycles. The summed E-state index contributed by atoms with van der Waals surface area (Å²) in [6, 6.07) is 6.63. The van der Waals surface area contributed by atoms with Crippen molar-refractivity contribution in [1.82, 2.24) is 5.32 Å². The summed E-state index contributed by atoms with van der Waals surface area (Å²) in [5.41, 5.74) is 2.34. The van der Waals surface area contributed by atoms with Crippen LogP contribution in [0.15, 0.2) is 18.2 Å². The van der Waals surface area contributed by atoms with Crippen LogP contribution in [0, 0.1) is 0 Å². The minimum absolute atomic E-state index is 0.273. The number of piperidine rings is 1. The lowest BCUT2D eigenvalue weighted by Gasteiger charge is -2.34. The first-order valence-corrected chi connectivity index (χ1v) is 7.28. The lowest BCUT2D eigenvalue weighted by molar-refractivity contribution is 0.0893. The third-order valence-corrected chi connectivity index (χ3v) is 4.29. The van der Waals surface area contributed by atoms with E-state index < -0.39 is 0 Å². The second-order valence-corrected chi connectivity index (χ2v) is 5.57. The number of anilines is 1. The Morgan fingerprint density at radius 3 is 2.89 bits per heavy atom. The fourth-order valence-electron chi connectivity index (χ4n) is 2.58. The Balaban J connectivity index is 2.15. The molecule has 106 valence electrons. The van der Waals surface area contributed by atoms with Gasteiger partial charge in [0.25, 0.3) is 0 Å². The van der Waals surface area contributed by atoms with Gasteiger partial charge in [-0.15, -0.1) is 0 Å². The smallest absolute Gasteiger partial charge is 0.0746 e. The van der Waals surface area contributed by atoms with E-state index in [1.165, 1.54) is 12.1 Å². The van der Waals surface area contributed by atoms with E-state index in [0.29, 0.717) is 6.10 Å². The maximum Gasteiger partial charge on any atom is 0.0746 e. The van der Waals surface area contributed by atoms with Gasteiger partial charge < -0.3 is 15.0 Å². The van der Waals surface area contributed by atoms with Gasteiger partial charge in [0.05, 0.1) is 6.10 Å². The van der Waals surface area contributed by atoms with Crippen LogP contribution in [-0.2, 0) is 4.74 Å². The zero-order chi connectivity index (χ0) is 13.8. The van der Waals surface area contributed by atoms with Crippen molar-refractivity contribution in [3.8, 4) is 0 Å². The average Bonchev–Trinajstić information content (AvgIpc) is 2.46. The van der Waals surface area contributed by atoms with Gasteiger partial charge >= 0.3 is 0 Å². The molecule has 1 heterocycles. The Kier molecular flexibility index (Phi) is 5.08. The quantitative estimate of drug-likeness (QED) is 0.918. The molecular formula is C15H23ClN2O. The maximum absolute atomic E-state index is 6.39. The molecule has 2 unspecified atom stereocenters. The topological polar surface area (TPSA) is 24.5 Å². The molecule has 0 aliphatic carbocycles. The van der Waals surface area contributed by atoms with Crippen LogP contribution in [-0.4, -0.2) is 33.4 Å². The average molecular weight is 283 g/mol. The summed E-state index contributed by atoms with van der Waals surface area (Å²) in [6.45, 7) is 4.15. The third kappa shape index (κ3) is 3.41. The predicted octanol–water partition coefficient (Wildman–Crippen LogP) is 3.24. The highest BCUT2D eigenvalue weighted by Crippen LogP contribution is 2.29. The standard InChI is InChI=1S/C15H23ClN2O/c1-11(17-2)14-7-6-12(9-15(14)16)18-8-4-5-13(10-18)19-3/h6-7,9,11,13,17H,4-5,8,10H2,1-3H3. The first kappa shape index (κ1) is 14.6. The number of nitrogens with zero attached hydrogens (tertiary/aromatic N) is 1. The van der Waals surface area contributed by atoms with Gasteiger partial charge in [0.2, 0.25) is 0 Å². The maximum atomic E-state index is 6.39. The molecular weight excluding hydrogens is 260 g/mol. The largest absolute Gasteiger partial charge is 0.380 e. The molecule has 0 amide bonds. The minimum Gasteiger partial charge on any atom is -0.380 e. The molecule has 19 heavy (non-hydrogen) atoms. The van der Waals surface area contributed by atoms with E-state index in [2.05, 4.69) is 35.3 Å². The highest BCUT2D eigenvalue weighted by atomic mass is 35.5. The monoisotopic (exact) mass is 282 g/mol. The molecule has 3 nitrogen and oxygen atoms in total. The van der Waals surface area contributed by atoms with Gasteiger partial charge in [0, 0.05) is 37.0 Å². The van der Waals surface area contributed by atoms with Gasteiger partial charge in [0.1, 0.15) is 0 Å². The molecule has 0 saturated carbocycles. The number of halogens is 1. The number of hydrogen-bond donors (Lipinski definition) is 1. The fraction of sp³-hybridized carbons (Fsp3) is 0.600. The molecule has 2 atom stereocenters. The SMILES string of the molecule is CNC(C)c1ccc(N2CCCC(OC)C2)cc1Cl. The lowest BCUT2D eigenvalue weighted by atomic mass is 10.0. The van der Waals surface area contributed by atoms with E-state index in [9.17, 15) is 0 Å². The third-order valence-electron chi connectivity index (χ3n) is 3.96. The van der Waals surface area contributed by atoms with Gasteiger partial charge in [-0.1, -0.05) is 17.7 Å². The van der Waals surface area contributed by atoms with Crippen LogP contribution in [0.25, 0.3) is 0 Å². The number of ether oxygens (including phenoxy) is 1. The number of hydrogen-bond acceptors (Lipinski definition) is 3. The molecule has 0 bridgehead atoms. The molecule has 1 N–H and O–H groups in total. The number of nitrogens with one attached hydrogen (secondary N) is 1. The molecule has 1 aliphatic rings. The van der Waals surface area contributed by atoms with E-state index in [-0.39, 0.29) is 6.04 Å². The summed E-state index contributed by atoms with van der Waals surface area (Å²) in [7, 11) is 3.74. The zero-order valence-electron chi connectivity index (χ0n) is 11.9. The minimum atomic E-state index is 0.273. The van der Waals surface area contributed by atoms with Crippen LogP contribution in [0.5, 0.6) is 0 Å². The zero-order valence-corrected chi connectivity index (χ0v) is 12.7. The Bertz CT molecular complexity index is 425. The van der Waals surface area contributed by atoms with E-state index in [0.717, 1.165) is 30.1 Å². The molecule has 1 aliphatic heterocycles. The molecule has 0 spiro atoms. The molecule has 1 aromatic rings. The van der Waals surface area contributed by atoms with E-state index in [1.54, 1.807) is 7.11 Å². The molecule has 0 aromatic heterocycles. The van der Waals surface area contributed by atoms with Gasteiger partial charge in [0.15, 0.2) is 0 Å². The van der Waals surface area contributed by atoms with Crippen LogP contribution in [0.4, 0.5) is 5.69 Å². The van der Waals surface area contributed by atoms with E-state index in [4.69, 9.17) is 16.3 Å². The van der Waals surface area contributed by atoms with Gasteiger partial charge in [-0.2, -0.15) is 0 Å². The van der Waals surface area contributed by atoms with E-state index in [1.807, 2.05) is 7.05 Å². The Hall–Kier alpha value is -0.770. The second-order valence-electron chi connectivity index (χ2n) is 5.16. The summed E-state index contributed by atoms with van der Waals surface area (Å²) < 4.78 is 5.47. The van der Waals surface area contributed by atoms with Crippen molar-refractivity contribution in [2.75, 3.05) is 32.1 Å². The van der Waals surface area contributed by atoms with Crippen molar-refractivity contribution >= 4 is 17.3 Å². The highest BCUT2D eigenvalue weighted by Gasteiger charge is 2.20. The van der Waals surface area contributed by atoms with Crippen molar-refractivity contribution in [3.63, 3.8) is 0 Å². The van der Waals surface area contributed by atoms with Crippen LogP contribution >= 0.6 is 11.6 Å². The summed E-state index contributed by atoms with van der Waals surface area (Å²) in [5.74, 6) is 0. The van der Waals surface area contributed by atoms with Gasteiger partial charge in [-0.25, -0.2) is 0 Å². The van der Waals surface area contributed by atoms with Crippen molar-refractivity contribution in [1.29, 1.82) is 0 Å². The summed E-state index contributed by atoms with van der Waals surface area (Å²) in [4.78, 5) is 2.36. The van der Waals surface area contributed by atoms with Crippen LogP contribution < -0.4 is 10.2 Å². The van der Waals surface area contributed by atoms with Gasteiger partial charge in [-0.3, -0.25) is 0 Å². The number of rotatable bonds is 4. The van der Waals surface area contributed by atoms with Gasteiger partial charge in [-0.05, 0) is 44.5 Å². The molecule has 1 fully saturated rings. The highest BCUT2D eigenvalue weighted by molar-refractivity contribution is 6.31. The van der Waals surface area contributed by atoms with Crippen molar-refractivity contribution < 1.29 is 4.74 Å². The summed E-state index contributed by atoms with van der Waals surface area (Å²) >= 11 is 6.39. The molecule has 1 saturated heterocycles. The summed E-state index contributed by atoms with van der Waals surface area (Å²) in [6.07, 6.45) is 2.66. The van der Waals surface area contributed by atoms with Crippen molar-refractivity contribution in [2.24, 2.45) is 0 Å². The fourth-order valence-corrected chi connectivity index (χ4v) is 2.92. The summed E-state index contributed by atoms with van der Waals surface area (Å²) in [5, 5.41) is 4.05. The molecule has 4 heteroatoms. The Morgan fingerprint density at radius 2 is 2.26 bits per heavy atom. The first-order valence-electron chi connectivity index (χ1n) is 6.90. The van der Waals surface area contributed by atoms with Crippen LogP contribution in [0.3, 0.4) is 0 Å². The van der Waals surface area contributed by atoms with Crippen LogP contribution in [0.2, 0.25) is 5.02 Å². The Labute approximate surface area is 120 Å². The number of methoxy groups -OCH3 is 1. The predicted molar refractivity (Wildman–Crippen MR) is 81.2 cm³/mol. The van der Waals surface area contributed by atoms with Crippen molar-refractivity contribution in [2.45, 2.75) is 31.9 Å². The Morgan fingerprint density at radius 1 is 1.47 bits per heavy atom. The van der Waals surface area contributed by atoms with E-state index >= 15 is 0 Å². The number of benzene rings is 1. The first-order chi connectivity index (χ1) is 9.15.